The van der Waals surface area contributed by atoms with Gasteiger partial charge in [0.25, 0.3) is 5.91 Å². The molecule has 2 saturated heterocycles. The van der Waals surface area contributed by atoms with Gasteiger partial charge in [0, 0.05) is 42.1 Å². The van der Waals surface area contributed by atoms with Gasteiger partial charge in [-0.2, -0.15) is 8.78 Å². The summed E-state index contributed by atoms with van der Waals surface area (Å²) in [5.74, 6) is -2.02. The Labute approximate surface area is 291 Å². The van der Waals surface area contributed by atoms with E-state index < -0.39 is 60.6 Å². The van der Waals surface area contributed by atoms with Crippen molar-refractivity contribution in [1.29, 1.82) is 0 Å². The first kappa shape index (κ1) is 38.8. The largest absolute Gasteiger partial charge is 0.467 e. The maximum Gasteiger partial charge on any atom is 0.401 e. The minimum absolute atomic E-state index is 0.127. The second kappa shape index (κ2) is 16.4. The number of thiophene rings is 1. The zero-order valence-corrected chi connectivity index (χ0v) is 30.1. The molecule has 1 aromatic heterocycles. The average Bonchev–Trinajstić information content (AvgIpc) is 3.68. The number of esters is 1. The molecule has 2 aliphatic rings. The van der Waals surface area contributed by atoms with Crippen LogP contribution in [0.1, 0.15) is 61.7 Å². The molecule has 3 amide bonds. The van der Waals surface area contributed by atoms with Crippen LogP contribution in [0.4, 0.5) is 8.78 Å². The van der Waals surface area contributed by atoms with E-state index in [0.29, 0.717) is 37.1 Å². The molecule has 2 aromatic rings. The highest BCUT2D eigenvalue weighted by Gasteiger charge is 2.52. The van der Waals surface area contributed by atoms with Crippen LogP contribution in [-0.4, -0.2) is 107 Å². The Morgan fingerprint density at radius 1 is 1.18 bits per heavy atom. The lowest BCUT2D eigenvalue weighted by Crippen LogP contribution is -2.61. The Morgan fingerprint density at radius 3 is 2.57 bits per heavy atom. The van der Waals surface area contributed by atoms with Gasteiger partial charge in [-0.3, -0.25) is 23.7 Å². The van der Waals surface area contributed by atoms with Gasteiger partial charge >= 0.3 is 19.2 Å². The van der Waals surface area contributed by atoms with E-state index in [1.807, 2.05) is 11.8 Å². The van der Waals surface area contributed by atoms with Gasteiger partial charge in [-0.1, -0.05) is 24.8 Å². The number of methoxy groups -OCH3 is 1. The van der Waals surface area contributed by atoms with E-state index in [2.05, 4.69) is 15.2 Å². The van der Waals surface area contributed by atoms with Crippen LogP contribution >= 0.6 is 30.7 Å². The van der Waals surface area contributed by atoms with Gasteiger partial charge in [0.2, 0.25) is 11.8 Å². The van der Waals surface area contributed by atoms with Crippen molar-refractivity contribution >= 4 is 69.6 Å². The fraction of sp³-hybridized carbons (Fsp3) is 0.581. The molecule has 3 N–H and O–H groups in total. The van der Waals surface area contributed by atoms with Gasteiger partial charge in [0.1, 0.15) is 18.1 Å². The summed E-state index contributed by atoms with van der Waals surface area (Å²) in [5.41, 5.74) is -4.93. The fourth-order valence-electron chi connectivity index (χ4n) is 6.06. The molecule has 1 aromatic carbocycles. The summed E-state index contributed by atoms with van der Waals surface area (Å²) in [6.45, 7) is 5.64. The zero-order chi connectivity index (χ0) is 36.1. The summed E-state index contributed by atoms with van der Waals surface area (Å²) in [6.07, 6.45) is 1.64. The Kier molecular flexibility index (Phi) is 13.0. The Bertz CT molecular complexity index is 1630. The summed E-state index contributed by atoms with van der Waals surface area (Å²) in [6, 6.07) is 1.47. The second-order valence-corrected chi connectivity index (χ2v) is 16.0. The monoisotopic (exact) mass is 746 g/mol. The molecule has 49 heavy (non-hydrogen) atoms. The molecule has 5 atom stereocenters. The van der Waals surface area contributed by atoms with E-state index in [0.717, 1.165) is 35.2 Å². The molecule has 4 rings (SSSR count). The fourth-order valence-corrected chi connectivity index (χ4v) is 8.63. The third-order valence-electron chi connectivity index (χ3n) is 8.59. The number of carbonyl (C=O) groups is 5. The highest BCUT2D eigenvalue weighted by molar-refractivity contribution is 8.13. The molecule has 0 radical (unpaired) electrons. The predicted octanol–water partition coefficient (Wildman–Crippen LogP) is 3.68. The number of ether oxygens (including phenoxy) is 1. The molecule has 1 unspecified atom stereocenters. The quantitative estimate of drug-likeness (QED) is 0.202. The van der Waals surface area contributed by atoms with Gasteiger partial charge in [-0.15, -0.1) is 11.3 Å². The van der Waals surface area contributed by atoms with Gasteiger partial charge in [0.15, 0.2) is 5.12 Å². The van der Waals surface area contributed by atoms with Crippen molar-refractivity contribution in [3.63, 3.8) is 0 Å². The number of carbonyl (C=O) groups excluding carboxylic acids is 5. The summed E-state index contributed by atoms with van der Waals surface area (Å²) in [5, 5.41) is 5.59. The highest BCUT2D eigenvalue weighted by atomic mass is 32.2. The number of nitrogens with one attached hydrogen (secondary N) is 2. The van der Waals surface area contributed by atoms with Gasteiger partial charge in [-0.25, -0.2) is 4.79 Å². The number of alkyl halides is 2. The van der Waals surface area contributed by atoms with Crippen LogP contribution in [0.3, 0.4) is 0 Å². The zero-order valence-electron chi connectivity index (χ0n) is 27.6. The normalized spacial score (nSPS) is 22.1. The van der Waals surface area contributed by atoms with E-state index in [9.17, 15) is 42.2 Å². The Morgan fingerprint density at radius 2 is 1.92 bits per heavy atom. The number of fused-ring (bicyclic) bond motifs is 2. The molecule has 13 nitrogen and oxygen atoms in total. The van der Waals surface area contributed by atoms with Crippen molar-refractivity contribution in [1.82, 2.24) is 20.4 Å². The molecule has 0 bridgehead atoms. The van der Waals surface area contributed by atoms with Crippen molar-refractivity contribution in [2.24, 2.45) is 0 Å². The highest BCUT2D eigenvalue weighted by Crippen LogP contribution is 2.63. The minimum atomic E-state index is -5.32. The van der Waals surface area contributed by atoms with Crippen molar-refractivity contribution in [2.75, 3.05) is 39.1 Å². The van der Waals surface area contributed by atoms with E-state index in [-0.39, 0.29) is 46.7 Å². The summed E-state index contributed by atoms with van der Waals surface area (Å²) >= 11 is 2.02. The number of nitrogens with zero attached hydrogens (tertiary/aromatic N) is 2. The number of thioether (sulfide) groups is 1. The van der Waals surface area contributed by atoms with Crippen LogP contribution < -0.4 is 10.6 Å². The number of amides is 3. The van der Waals surface area contributed by atoms with Crippen LogP contribution in [0, 0.1) is 0 Å². The number of halogens is 2. The van der Waals surface area contributed by atoms with Gasteiger partial charge in [0.05, 0.1) is 18.6 Å². The molecule has 18 heteroatoms. The van der Waals surface area contributed by atoms with Gasteiger partial charge < -0.3 is 34.6 Å². The maximum atomic E-state index is 14.9. The SMILES string of the molecule is CCOP(=O)(O)C(F)(F)c1ccc2sc(C(=O)N[C@H]3CN(CC)CC[C@H]4CC[C@@H](C(=O)N[C@@H](CCSC(C)=O)C(=O)OC)N4C3=O)cc2c1. The van der Waals surface area contributed by atoms with Crippen molar-refractivity contribution in [3.05, 3.63) is 34.7 Å². The standard InChI is InChI=1S/C31H41F2N4O9PS2/c1-5-36-13-11-21-8-9-24(27(39)34-22(30(42)45-4)12-14-48-18(3)38)37(21)29(41)23(17-36)35-28(40)26-16-19-15-20(7-10-25(19)49-26)31(32,33)47(43,44)46-6-2/h7,10,15-16,21-24H,5-6,8-9,11-14,17H2,1-4H3,(H,34,39)(H,35,40)(H,43,44)/t21-,22+,23+,24+/m1/s1. The predicted molar refractivity (Wildman–Crippen MR) is 181 cm³/mol. The molecule has 270 valence electrons. The molecular weight excluding hydrogens is 705 g/mol. The van der Waals surface area contributed by atoms with Crippen LogP contribution in [0.15, 0.2) is 24.3 Å². The van der Waals surface area contributed by atoms with E-state index in [1.165, 1.54) is 38.0 Å². The number of likely N-dealkylation sites (N-methyl/N-ethyl adjacent to an activating group) is 1. The topological polar surface area (TPSA) is 172 Å². The molecule has 0 aliphatic carbocycles. The third kappa shape index (κ3) is 8.86. The van der Waals surface area contributed by atoms with Crippen molar-refractivity contribution < 1.29 is 51.5 Å². The molecular formula is C31H41F2N4O9PS2. The molecule has 3 heterocycles. The maximum absolute atomic E-state index is 14.9. The van der Waals surface area contributed by atoms with E-state index >= 15 is 0 Å². The van der Waals surface area contributed by atoms with Crippen LogP contribution in [0.5, 0.6) is 0 Å². The Balaban J connectivity index is 1.55. The molecule has 2 aliphatic heterocycles. The van der Waals surface area contributed by atoms with E-state index in [4.69, 9.17) is 4.74 Å². The molecule has 0 saturated carbocycles. The Hall–Kier alpha value is -2.95. The average molecular weight is 747 g/mol. The number of hydrogen-bond donors (Lipinski definition) is 3. The van der Waals surface area contributed by atoms with Crippen LogP contribution in [-0.2, 0) is 38.7 Å². The van der Waals surface area contributed by atoms with E-state index in [1.54, 1.807) is 0 Å². The summed E-state index contributed by atoms with van der Waals surface area (Å²) in [4.78, 5) is 78.6. The van der Waals surface area contributed by atoms with Gasteiger partial charge in [-0.05, 0) is 62.7 Å². The van der Waals surface area contributed by atoms with Crippen LogP contribution in [0.2, 0.25) is 0 Å². The number of rotatable bonds is 13. The van der Waals surface area contributed by atoms with Crippen molar-refractivity contribution in [3.8, 4) is 0 Å². The second-order valence-electron chi connectivity index (χ2n) is 11.8. The number of benzene rings is 1. The summed E-state index contributed by atoms with van der Waals surface area (Å²) < 4.78 is 51.7. The minimum Gasteiger partial charge on any atom is -0.467 e. The third-order valence-corrected chi connectivity index (χ3v) is 12.1. The first-order valence-corrected chi connectivity index (χ1v) is 19.3. The molecule has 0 spiro atoms. The smallest absolute Gasteiger partial charge is 0.401 e. The van der Waals surface area contributed by atoms with Crippen LogP contribution in [0.25, 0.3) is 10.1 Å². The first-order valence-electron chi connectivity index (χ1n) is 15.9. The first-order chi connectivity index (χ1) is 23.1. The van der Waals surface area contributed by atoms with Crippen molar-refractivity contribution in [2.45, 2.75) is 76.3 Å². The molecule has 2 fully saturated rings. The lowest BCUT2D eigenvalue weighted by molar-refractivity contribution is -0.147. The lowest BCUT2D eigenvalue weighted by atomic mass is 10.1. The summed E-state index contributed by atoms with van der Waals surface area (Å²) in [7, 11) is -4.13. The number of hydrogen-bond acceptors (Lipinski definition) is 11. The lowest BCUT2D eigenvalue weighted by Gasteiger charge is -2.38.